The number of furan rings is 1. The summed E-state index contributed by atoms with van der Waals surface area (Å²) >= 11 is 1.87. The SMILES string of the molecule is c1ccc2c(c1)ccc1oc3cc4cc(-c5ccc(-c6c7ccccc7c(-c7ccc8sc9ccccc9c8c7)c7ccccc67)cc5)ccc4cc3c12. The summed E-state index contributed by atoms with van der Waals surface area (Å²) in [5.74, 6) is 0. The fraction of sp³-hybridized carbons (Fsp3) is 0. The molecule has 2 heterocycles. The van der Waals surface area contributed by atoms with Gasteiger partial charge in [0.05, 0.1) is 0 Å². The van der Waals surface area contributed by atoms with Crippen LogP contribution >= 0.6 is 11.3 Å². The lowest BCUT2D eigenvalue weighted by Gasteiger charge is -2.18. The Morgan fingerprint density at radius 2 is 0.870 bits per heavy atom. The molecular formula is C52H30OS. The van der Waals surface area contributed by atoms with Gasteiger partial charge < -0.3 is 4.42 Å². The summed E-state index contributed by atoms with van der Waals surface area (Å²) in [4.78, 5) is 0. The summed E-state index contributed by atoms with van der Waals surface area (Å²) in [6, 6.07) is 66.8. The first-order valence-electron chi connectivity index (χ1n) is 18.5. The van der Waals surface area contributed by atoms with Crippen molar-refractivity contribution in [2.45, 2.75) is 0 Å². The molecule has 0 spiro atoms. The van der Waals surface area contributed by atoms with Gasteiger partial charge in [0, 0.05) is 30.9 Å². The fourth-order valence-electron chi connectivity index (χ4n) is 8.93. The van der Waals surface area contributed by atoms with Crippen molar-refractivity contribution in [1.82, 2.24) is 0 Å². The van der Waals surface area contributed by atoms with Crippen molar-refractivity contribution in [2.75, 3.05) is 0 Å². The van der Waals surface area contributed by atoms with Crippen LogP contribution in [-0.4, -0.2) is 0 Å². The molecule has 0 saturated carbocycles. The molecule has 0 N–H and O–H groups in total. The van der Waals surface area contributed by atoms with Crippen molar-refractivity contribution in [3.8, 4) is 33.4 Å². The number of hydrogen-bond donors (Lipinski definition) is 0. The van der Waals surface area contributed by atoms with E-state index in [4.69, 9.17) is 4.42 Å². The highest BCUT2D eigenvalue weighted by Crippen LogP contribution is 2.46. The van der Waals surface area contributed by atoms with Crippen molar-refractivity contribution < 1.29 is 4.42 Å². The lowest BCUT2D eigenvalue weighted by molar-refractivity contribution is 0.670. The molecule has 0 amide bonds. The van der Waals surface area contributed by atoms with Crippen molar-refractivity contribution in [3.63, 3.8) is 0 Å². The van der Waals surface area contributed by atoms with Gasteiger partial charge in [0.25, 0.3) is 0 Å². The van der Waals surface area contributed by atoms with E-state index < -0.39 is 0 Å². The molecule has 0 radical (unpaired) electrons. The lowest BCUT2D eigenvalue weighted by atomic mass is 9.85. The molecule has 54 heavy (non-hydrogen) atoms. The van der Waals surface area contributed by atoms with Crippen LogP contribution in [0.2, 0.25) is 0 Å². The first-order chi connectivity index (χ1) is 26.7. The molecule has 2 aromatic heterocycles. The maximum Gasteiger partial charge on any atom is 0.136 e. The zero-order chi connectivity index (χ0) is 35.3. The van der Waals surface area contributed by atoms with Crippen molar-refractivity contribution in [3.05, 3.63) is 182 Å². The molecule has 0 atom stereocenters. The van der Waals surface area contributed by atoms with E-state index in [-0.39, 0.29) is 0 Å². The molecule has 0 aliphatic heterocycles. The summed E-state index contributed by atoms with van der Waals surface area (Å²) in [6.45, 7) is 0. The highest BCUT2D eigenvalue weighted by molar-refractivity contribution is 7.25. The minimum Gasteiger partial charge on any atom is -0.456 e. The molecule has 0 saturated heterocycles. The van der Waals surface area contributed by atoms with Gasteiger partial charge in [-0.2, -0.15) is 0 Å². The Morgan fingerprint density at radius 1 is 0.296 bits per heavy atom. The molecule has 12 aromatic rings. The van der Waals surface area contributed by atoms with E-state index in [9.17, 15) is 0 Å². The highest BCUT2D eigenvalue weighted by Gasteiger charge is 2.18. The van der Waals surface area contributed by atoms with Gasteiger partial charge in [-0.3, -0.25) is 0 Å². The van der Waals surface area contributed by atoms with Gasteiger partial charge in [0.15, 0.2) is 0 Å². The van der Waals surface area contributed by atoms with E-state index in [1.54, 1.807) is 0 Å². The Hall–Kier alpha value is -6.74. The monoisotopic (exact) mass is 702 g/mol. The van der Waals surface area contributed by atoms with Gasteiger partial charge in [0.1, 0.15) is 11.2 Å². The summed E-state index contributed by atoms with van der Waals surface area (Å²) in [6.07, 6.45) is 0. The summed E-state index contributed by atoms with van der Waals surface area (Å²) in [5.41, 5.74) is 9.28. The van der Waals surface area contributed by atoms with Crippen LogP contribution in [-0.2, 0) is 0 Å². The summed E-state index contributed by atoms with van der Waals surface area (Å²) in [5, 5.41) is 14.9. The molecular weight excluding hydrogens is 673 g/mol. The number of rotatable bonds is 3. The van der Waals surface area contributed by atoms with Crippen LogP contribution in [0.4, 0.5) is 0 Å². The third-order valence-corrected chi connectivity index (χ3v) is 12.6. The summed E-state index contributed by atoms with van der Waals surface area (Å²) in [7, 11) is 0. The van der Waals surface area contributed by atoms with Gasteiger partial charge in [-0.1, -0.05) is 140 Å². The van der Waals surface area contributed by atoms with Crippen LogP contribution in [0.5, 0.6) is 0 Å². The number of thiophene rings is 1. The normalized spacial score (nSPS) is 12.1. The van der Waals surface area contributed by atoms with Crippen molar-refractivity contribution >= 4 is 96.5 Å². The molecule has 0 aliphatic carbocycles. The second-order valence-corrected chi connectivity index (χ2v) is 15.5. The van der Waals surface area contributed by atoms with Crippen molar-refractivity contribution in [2.24, 2.45) is 0 Å². The average Bonchev–Trinajstić information content (AvgIpc) is 3.79. The van der Waals surface area contributed by atoms with Gasteiger partial charge in [-0.15, -0.1) is 11.3 Å². The predicted octanol–water partition coefficient (Wildman–Crippen LogP) is 15.6. The van der Waals surface area contributed by atoms with Crippen LogP contribution in [0.3, 0.4) is 0 Å². The molecule has 0 aliphatic rings. The van der Waals surface area contributed by atoms with Gasteiger partial charge in [0.2, 0.25) is 0 Å². The van der Waals surface area contributed by atoms with Gasteiger partial charge in [-0.05, 0) is 119 Å². The quantitative estimate of drug-likeness (QED) is 0.167. The number of fused-ring (bicyclic) bond motifs is 11. The first kappa shape index (κ1) is 29.8. The number of benzene rings is 10. The van der Waals surface area contributed by atoms with E-state index in [1.807, 2.05) is 11.3 Å². The number of hydrogen-bond acceptors (Lipinski definition) is 2. The first-order valence-corrected chi connectivity index (χ1v) is 19.3. The predicted molar refractivity (Wildman–Crippen MR) is 233 cm³/mol. The fourth-order valence-corrected chi connectivity index (χ4v) is 10.0. The molecule has 12 rings (SSSR count). The van der Waals surface area contributed by atoms with Crippen LogP contribution in [0.1, 0.15) is 0 Å². The maximum atomic E-state index is 6.42. The third-order valence-electron chi connectivity index (χ3n) is 11.4. The average molecular weight is 703 g/mol. The second-order valence-electron chi connectivity index (χ2n) is 14.4. The van der Waals surface area contributed by atoms with E-state index >= 15 is 0 Å². The molecule has 2 heteroatoms. The molecule has 0 unspecified atom stereocenters. The van der Waals surface area contributed by atoms with Gasteiger partial charge in [-0.25, -0.2) is 0 Å². The Bertz CT molecular complexity index is 3430. The topological polar surface area (TPSA) is 13.1 Å². The lowest BCUT2D eigenvalue weighted by Crippen LogP contribution is -1.91. The molecule has 1 nitrogen and oxygen atoms in total. The third kappa shape index (κ3) is 4.38. The zero-order valence-electron chi connectivity index (χ0n) is 29.1. The van der Waals surface area contributed by atoms with Crippen LogP contribution in [0.25, 0.3) is 119 Å². The minimum atomic E-state index is 0.923. The van der Waals surface area contributed by atoms with E-state index in [2.05, 4.69) is 182 Å². The van der Waals surface area contributed by atoms with E-state index in [1.165, 1.54) is 102 Å². The zero-order valence-corrected chi connectivity index (χ0v) is 30.0. The molecule has 0 fully saturated rings. The van der Waals surface area contributed by atoms with Crippen LogP contribution < -0.4 is 0 Å². The van der Waals surface area contributed by atoms with E-state index in [0.29, 0.717) is 0 Å². The Morgan fingerprint density at radius 3 is 1.63 bits per heavy atom. The Labute approximate surface area is 314 Å². The maximum absolute atomic E-state index is 6.42. The van der Waals surface area contributed by atoms with Crippen molar-refractivity contribution in [1.29, 1.82) is 0 Å². The summed E-state index contributed by atoms with van der Waals surface area (Å²) < 4.78 is 9.08. The highest BCUT2D eigenvalue weighted by atomic mass is 32.1. The Kier molecular flexibility index (Phi) is 6.28. The standard InChI is InChI=1S/C52H30OS/c1-2-10-38-32(9-1)23-25-46-52(38)45-28-35-22-21-34(27-37(35)30-47(45)53-46)31-17-19-33(20-18-31)50-40-12-3-5-14-42(40)51(43-15-6-4-13-41(43)50)36-24-26-49-44(29-36)39-11-7-8-16-48(39)54-49/h1-30H. The van der Waals surface area contributed by atoms with Crippen LogP contribution in [0.15, 0.2) is 186 Å². The van der Waals surface area contributed by atoms with E-state index in [0.717, 1.165) is 16.6 Å². The molecule has 10 aromatic carbocycles. The molecule has 0 bridgehead atoms. The van der Waals surface area contributed by atoms with Crippen LogP contribution in [0, 0.1) is 0 Å². The Balaban J connectivity index is 0.983. The molecule has 250 valence electrons. The minimum absolute atomic E-state index is 0.923. The van der Waals surface area contributed by atoms with Gasteiger partial charge >= 0.3 is 0 Å². The largest absolute Gasteiger partial charge is 0.456 e. The smallest absolute Gasteiger partial charge is 0.136 e. The second kappa shape index (κ2) is 11.4.